The third kappa shape index (κ3) is 5.66. The first-order valence-electron chi connectivity index (χ1n) is 9.80. The number of nitrogens with zero attached hydrogens (tertiary/aromatic N) is 1. The van der Waals surface area contributed by atoms with Crippen molar-refractivity contribution < 1.29 is 17.9 Å². The molecule has 0 aliphatic carbocycles. The van der Waals surface area contributed by atoms with Crippen molar-refractivity contribution in [2.75, 3.05) is 18.4 Å². The number of rotatable bonds is 6. The molecule has 162 valence electrons. The smallest absolute Gasteiger partial charge is 0.265 e. The van der Waals surface area contributed by atoms with Gasteiger partial charge >= 0.3 is 0 Å². The Bertz CT molecular complexity index is 989. The summed E-state index contributed by atoms with van der Waals surface area (Å²) >= 11 is 11.9. The van der Waals surface area contributed by atoms with E-state index in [-0.39, 0.29) is 10.8 Å². The highest BCUT2D eigenvalue weighted by atomic mass is 35.5. The molecule has 30 heavy (non-hydrogen) atoms. The maximum atomic E-state index is 12.8. The van der Waals surface area contributed by atoms with E-state index in [2.05, 4.69) is 5.32 Å². The SMILES string of the molecule is C[C@H](Oc1ccc(Cl)cc1Cl)C(=O)Nc1ccc(S(=O)(=O)N2CCCCCC2)cc1. The van der Waals surface area contributed by atoms with Gasteiger partial charge in [-0.15, -0.1) is 0 Å². The molecule has 0 spiro atoms. The highest BCUT2D eigenvalue weighted by molar-refractivity contribution is 7.89. The van der Waals surface area contributed by atoms with E-state index in [1.54, 1.807) is 35.5 Å². The summed E-state index contributed by atoms with van der Waals surface area (Å²) in [6.45, 7) is 2.68. The van der Waals surface area contributed by atoms with Crippen molar-refractivity contribution in [1.29, 1.82) is 0 Å². The third-order valence-corrected chi connectivity index (χ3v) is 7.33. The largest absolute Gasteiger partial charge is 0.479 e. The summed E-state index contributed by atoms with van der Waals surface area (Å²) in [6, 6.07) is 10.9. The molecule has 1 atom stereocenters. The van der Waals surface area contributed by atoms with Crippen LogP contribution in [0.15, 0.2) is 47.4 Å². The summed E-state index contributed by atoms with van der Waals surface area (Å²) in [5.41, 5.74) is 0.479. The topological polar surface area (TPSA) is 75.7 Å². The van der Waals surface area contributed by atoms with Crippen LogP contribution in [0.1, 0.15) is 32.6 Å². The van der Waals surface area contributed by atoms with Gasteiger partial charge in [0.25, 0.3) is 5.91 Å². The molecule has 1 saturated heterocycles. The standard InChI is InChI=1S/C21H24Cl2N2O4S/c1-15(29-20-11-6-16(22)14-19(20)23)21(26)24-17-7-9-18(10-8-17)30(27,28)25-12-4-2-3-5-13-25/h6-11,14-15H,2-5,12-13H2,1H3,(H,24,26)/t15-/m0/s1. The zero-order chi connectivity index (χ0) is 21.7. The summed E-state index contributed by atoms with van der Waals surface area (Å²) < 4.78 is 32.8. The lowest BCUT2D eigenvalue weighted by molar-refractivity contribution is -0.122. The first kappa shape index (κ1) is 22.9. The van der Waals surface area contributed by atoms with Crippen LogP contribution in [-0.4, -0.2) is 37.8 Å². The van der Waals surface area contributed by atoms with Gasteiger partial charge in [0.1, 0.15) is 5.75 Å². The molecule has 1 N–H and O–H groups in total. The molecule has 1 fully saturated rings. The zero-order valence-electron chi connectivity index (χ0n) is 16.6. The number of nitrogens with one attached hydrogen (secondary N) is 1. The van der Waals surface area contributed by atoms with Crippen LogP contribution in [0.5, 0.6) is 5.75 Å². The van der Waals surface area contributed by atoms with E-state index in [1.807, 2.05) is 0 Å². The molecule has 1 amide bonds. The van der Waals surface area contributed by atoms with Gasteiger partial charge in [0.2, 0.25) is 10.0 Å². The van der Waals surface area contributed by atoms with E-state index in [0.717, 1.165) is 25.7 Å². The van der Waals surface area contributed by atoms with Gasteiger partial charge in [-0.2, -0.15) is 4.31 Å². The first-order chi connectivity index (χ1) is 14.3. The molecule has 0 aromatic heterocycles. The molecular formula is C21H24Cl2N2O4S. The van der Waals surface area contributed by atoms with Gasteiger partial charge in [-0.25, -0.2) is 8.42 Å². The fourth-order valence-corrected chi connectivity index (χ4v) is 5.17. The van der Waals surface area contributed by atoms with E-state index < -0.39 is 16.1 Å². The van der Waals surface area contributed by atoms with Crippen LogP contribution in [-0.2, 0) is 14.8 Å². The van der Waals surface area contributed by atoms with E-state index in [9.17, 15) is 13.2 Å². The van der Waals surface area contributed by atoms with Gasteiger partial charge in [-0.3, -0.25) is 4.79 Å². The molecule has 0 radical (unpaired) electrons. The van der Waals surface area contributed by atoms with Crippen molar-refractivity contribution in [3.63, 3.8) is 0 Å². The van der Waals surface area contributed by atoms with E-state index in [0.29, 0.717) is 34.6 Å². The molecular weight excluding hydrogens is 447 g/mol. The molecule has 1 heterocycles. The molecule has 2 aromatic carbocycles. The number of hydrogen-bond donors (Lipinski definition) is 1. The van der Waals surface area contributed by atoms with Gasteiger partial charge in [-0.1, -0.05) is 36.0 Å². The minimum Gasteiger partial charge on any atom is -0.479 e. The van der Waals surface area contributed by atoms with Crippen molar-refractivity contribution in [2.45, 2.75) is 43.6 Å². The zero-order valence-corrected chi connectivity index (χ0v) is 18.9. The van der Waals surface area contributed by atoms with Gasteiger partial charge in [0, 0.05) is 23.8 Å². The second kappa shape index (κ2) is 10.0. The highest BCUT2D eigenvalue weighted by Gasteiger charge is 2.25. The average molecular weight is 471 g/mol. The van der Waals surface area contributed by atoms with Crippen molar-refractivity contribution >= 4 is 44.8 Å². The molecule has 3 rings (SSSR count). The van der Waals surface area contributed by atoms with Crippen molar-refractivity contribution in [3.8, 4) is 5.75 Å². The van der Waals surface area contributed by atoms with Crippen molar-refractivity contribution in [2.24, 2.45) is 0 Å². The number of sulfonamides is 1. The Hall–Kier alpha value is -1.80. The predicted molar refractivity (Wildman–Crippen MR) is 119 cm³/mol. The van der Waals surface area contributed by atoms with E-state index >= 15 is 0 Å². The Morgan fingerprint density at radius 3 is 2.27 bits per heavy atom. The number of carbonyl (C=O) groups excluding carboxylic acids is 1. The number of halogens is 2. The summed E-state index contributed by atoms with van der Waals surface area (Å²) in [6.07, 6.45) is 3.05. The van der Waals surface area contributed by atoms with Crippen LogP contribution in [0, 0.1) is 0 Å². The van der Waals surface area contributed by atoms with Gasteiger partial charge < -0.3 is 10.1 Å². The fraction of sp³-hybridized carbons (Fsp3) is 0.381. The summed E-state index contributed by atoms with van der Waals surface area (Å²) in [5.74, 6) is -0.0354. The maximum absolute atomic E-state index is 12.8. The van der Waals surface area contributed by atoms with Crippen LogP contribution < -0.4 is 10.1 Å². The van der Waals surface area contributed by atoms with Gasteiger partial charge in [0.15, 0.2) is 6.10 Å². The van der Waals surface area contributed by atoms with Crippen LogP contribution in [0.25, 0.3) is 0 Å². The summed E-state index contributed by atoms with van der Waals surface area (Å²) in [7, 11) is -3.53. The van der Waals surface area contributed by atoms with E-state index in [1.165, 1.54) is 18.2 Å². The lowest BCUT2D eigenvalue weighted by Gasteiger charge is -2.20. The Labute approximate surface area is 187 Å². The van der Waals surface area contributed by atoms with E-state index in [4.69, 9.17) is 27.9 Å². The summed E-state index contributed by atoms with van der Waals surface area (Å²) in [4.78, 5) is 12.7. The number of amides is 1. The number of carbonyl (C=O) groups is 1. The van der Waals surface area contributed by atoms with Crippen molar-refractivity contribution in [3.05, 3.63) is 52.5 Å². The molecule has 0 unspecified atom stereocenters. The number of ether oxygens (including phenoxy) is 1. The van der Waals surface area contributed by atoms with Crippen LogP contribution in [0.3, 0.4) is 0 Å². The quantitative estimate of drug-likeness (QED) is 0.646. The first-order valence-corrected chi connectivity index (χ1v) is 12.0. The second-order valence-corrected chi connectivity index (χ2v) is 9.95. The molecule has 1 aliphatic heterocycles. The minimum atomic E-state index is -3.53. The van der Waals surface area contributed by atoms with Gasteiger partial charge in [-0.05, 0) is 62.2 Å². The Morgan fingerprint density at radius 2 is 1.67 bits per heavy atom. The monoisotopic (exact) mass is 470 g/mol. The summed E-state index contributed by atoms with van der Waals surface area (Å²) in [5, 5.41) is 3.50. The van der Waals surface area contributed by atoms with Crippen LogP contribution in [0.4, 0.5) is 5.69 Å². The molecule has 0 saturated carbocycles. The van der Waals surface area contributed by atoms with Crippen LogP contribution >= 0.6 is 23.2 Å². The predicted octanol–water partition coefficient (Wildman–Crippen LogP) is 4.96. The lowest BCUT2D eigenvalue weighted by atomic mass is 10.2. The molecule has 6 nitrogen and oxygen atoms in total. The Balaban J connectivity index is 1.63. The lowest BCUT2D eigenvalue weighted by Crippen LogP contribution is -2.32. The van der Waals surface area contributed by atoms with Gasteiger partial charge in [0.05, 0.1) is 9.92 Å². The average Bonchev–Trinajstić information content (AvgIpc) is 3.00. The fourth-order valence-electron chi connectivity index (χ4n) is 3.20. The molecule has 2 aromatic rings. The van der Waals surface area contributed by atoms with Crippen molar-refractivity contribution in [1.82, 2.24) is 4.31 Å². The molecule has 0 bridgehead atoms. The maximum Gasteiger partial charge on any atom is 0.265 e. The minimum absolute atomic E-state index is 0.222. The highest BCUT2D eigenvalue weighted by Crippen LogP contribution is 2.28. The number of hydrogen-bond acceptors (Lipinski definition) is 4. The number of benzene rings is 2. The number of anilines is 1. The molecule has 1 aliphatic rings. The second-order valence-electron chi connectivity index (χ2n) is 7.17. The third-order valence-electron chi connectivity index (χ3n) is 4.89. The Kier molecular flexibility index (Phi) is 7.63. The van der Waals surface area contributed by atoms with Crippen LogP contribution in [0.2, 0.25) is 10.0 Å². The Morgan fingerprint density at radius 1 is 1.03 bits per heavy atom. The molecule has 9 heteroatoms. The normalized spacial score (nSPS) is 16.5.